The molecule has 1 saturated carbocycles. The predicted molar refractivity (Wildman–Crippen MR) is 182 cm³/mol. The van der Waals surface area contributed by atoms with E-state index in [0.29, 0.717) is 17.7 Å². The Morgan fingerprint density at radius 3 is 2.56 bits per heavy atom. The van der Waals surface area contributed by atoms with E-state index >= 15 is 4.39 Å². The first-order valence-electron chi connectivity index (χ1n) is 15.8. The highest BCUT2D eigenvalue weighted by molar-refractivity contribution is 6.31. The van der Waals surface area contributed by atoms with Crippen LogP contribution >= 0.6 is 11.6 Å². The molecule has 50 heavy (non-hydrogen) atoms. The largest absolute Gasteiger partial charge is 0.494 e. The number of carbonyl (C=O) groups is 3. The Balaban J connectivity index is 1.44. The number of hydrogen-bond acceptors (Lipinski definition) is 8. The second kappa shape index (κ2) is 13.8. The number of nitrogens with two attached hydrogens (primary N) is 1. The molecule has 2 fully saturated rings. The van der Waals surface area contributed by atoms with Gasteiger partial charge in [-0.2, -0.15) is 0 Å². The lowest BCUT2D eigenvalue weighted by Gasteiger charge is -2.31. The van der Waals surface area contributed by atoms with Gasteiger partial charge in [0.2, 0.25) is 11.8 Å². The molecule has 0 bridgehead atoms. The summed E-state index contributed by atoms with van der Waals surface area (Å²) in [5.41, 5.74) is 4.00. The normalized spacial score (nSPS) is 19.5. The third-order valence-corrected chi connectivity index (χ3v) is 9.05. The quantitative estimate of drug-likeness (QED) is 0.187. The van der Waals surface area contributed by atoms with Gasteiger partial charge in [0.15, 0.2) is 0 Å². The number of amides is 3. The number of carbonyl (C=O) groups excluding carboxylic acids is 3. The van der Waals surface area contributed by atoms with Crippen LogP contribution in [0.2, 0.25) is 5.02 Å². The van der Waals surface area contributed by atoms with Crippen molar-refractivity contribution in [3.63, 3.8) is 0 Å². The van der Waals surface area contributed by atoms with Crippen molar-refractivity contribution in [2.24, 2.45) is 5.73 Å². The third kappa shape index (κ3) is 6.87. The Morgan fingerprint density at radius 2 is 1.88 bits per heavy atom. The van der Waals surface area contributed by atoms with Crippen molar-refractivity contribution in [2.75, 3.05) is 18.6 Å². The van der Waals surface area contributed by atoms with Crippen LogP contribution in [0.4, 0.5) is 14.5 Å². The van der Waals surface area contributed by atoms with Crippen LogP contribution in [0.25, 0.3) is 11.3 Å². The summed E-state index contributed by atoms with van der Waals surface area (Å²) in [4.78, 5) is 44.9. The van der Waals surface area contributed by atoms with Gasteiger partial charge in [0, 0.05) is 47.1 Å². The first-order chi connectivity index (χ1) is 23.9. The van der Waals surface area contributed by atoms with Crippen LogP contribution in [0.15, 0.2) is 89.9 Å². The number of anilines is 1. The van der Waals surface area contributed by atoms with E-state index in [0.717, 1.165) is 23.8 Å². The van der Waals surface area contributed by atoms with Crippen molar-refractivity contribution in [3.8, 4) is 11.3 Å². The van der Waals surface area contributed by atoms with Crippen LogP contribution in [0, 0.1) is 17.0 Å². The maximum Gasteiger partial charge on any atom is 0.251 e. The molecular formula is C36H33ClF2N6O5. The Bertz CT molecular complexity index is 2000. The van der Waals surface area contributed by atoms with Crippen molar-refractivity contribution in [1.82, 2.24) is 15.6 Å². The van der Waals surface area contributed by atoms with Crippen LogP contribution in [0.3, 0.4) is 0 Å². The maximum atomic E-state index is 15.3. The smallest absolute Gasteiger partial charge is 0.251 e. The number of benzene rings is 2. The molecule has 6 rings (SSSR count). The third-order valence-electron chi connectivity index (χ3n) is 8.76. The lowest BCUT2D eigenvalue weighted by atomic mass is 9.88. The second-order valence-electron chi connectivity index (χ2n) is 12.2. The fourth-order valence-corrected chi connectivity index (χ4v) is 6.03. The van der Waals surface area contributed by atoms with Gasteiger partial charge in [-0.15, -0.1) is 0 Å². The van der Waals surface area contributed by atoms with Crippen LogP contribution in [0.5, 0.6) is 0 Å². The Hall–Kier alpha value is -5.40. The van der Waals surface area contributed by atoms with E-state index in [4.69, 9.17) is 27.5 Å². The van der Waals surface area contributed by atoms with Gasteiger partial charge in [0.1, 0.15) is 34.7 Å². The van der Waals surface area contributed by atoms with E-state index in [9.17, 15) is 23.9 Å². The van der Waals surface area contributed by atoms with Crippen molar-refractivity contribution in [1.29, 1.82) is 5.41 Å². The molecule has 1 unspecified atom stereocenters. The van der Waals surface area contributed by atoms with E-state index < -0.39 is 52.6 Å². The first-order valence-corrected chi connectivity index (χ1v) is 16.1. The number of methoxy groups -OCH3 is 1. The fourth-order valence-electron chi connectivity index (χ4n) is 5.87. The maximum absolute atomic E-state index is 15.3. The van der Waals surface area contributed by atoms with Gasteiger partial charge in [-0.3, -0.25) is 24.7 Å². The van der Waals surface area contributed by atoms with Crippen molar-refractivity contribution in [3.05, 3.63) is 118 Å². The molecule has 3 aliphatic rings. The van der Waals surface area contributed by atoms with Gasteiger partial charge >= 0.3 is 0 Å². The van der Waals surface area contributed by atoms with E-state index in [1.165, 1.54) is 31.4 Å². The summed E-state index contributed by atoms with van der Waals surface area (Å²) in [7, 11) is 1.39. The van der Waals surface area contributed by atoms with Crippen molar-refractivity contribution < 1.29 is 33.0 Å². The highest BCUT2D eigenvalue weighted by atomic mass is 35.5. The monoisotopic (exact) mass is 702 g/mol. The van der Waals surface area contributed by atoms with E-state index in [2.05, 4.69) is 15.6 Å². The summed E-state index contributed by atoms with van der Waals surface area (Å²) >= 11 is 6.02. The zero-order chi connectivity index (χ0) is 35.7. The summed E-state index contributed by atoms with van der Waals surface area (Å²) in [5, 5.41) is 26.5. The van der Waals surface area contributed by atoms with Crippen LogP contribution in [-0.4, -0.2) is 59.3 Å². The van der Waals surface area contributed by atoms with Crippen LogP contribution in [0.1, 0.15) is 36.9 Å². The highest BCUT2D eigenvalue weighted by Gasteiger charge is 2.40. The number of rotatable bonds is 11. The standard InChI is InChI=1S/C36H33ClF2N6O5/c1-50-30-12-19(11-20(33(30)40)17-42-22-7-8-22)35(48)43-18-36(49,21-5-3-2-4-6-21)31-14-23(45-29(34(41)47)9-10-32(45)46)13-28(44-31)24-15-25(37)27(39)16-26(24)38/h2-6,11-17,22,29,40,42,49H,7-10,18H2,1H3,(H2,41,47)(H,43,48)/b20-17-,40-33?/t29?,36-/m1/s1. The zero-order valence-corrected chi connectivity index (χ0v) is 27.6. The number of nitrogens with one attached hydrogen (secondary N) is 3. The number of allylic oxidation sites excluding steroid dienone is 2. The molecule has 0 radical (unpaired) electrons. The predicted octanol–water partition coefficient (Wildman–Crippen LogP) is 4.14. The highest BCUT2D eigenvalue weighted by Crippen LogP contribution is 2.37. The molecule has 2 aliphatic carbocycles. The molecular weight excluding hydrogens is 670 g/mol. The average Bonchev–Trinajstić information content (AvgIpc) is 3.86. The molecule has 1 aliphatic heterocycles. The number of halogens is 3. The topological polar surface area (TPSA) is 171 Å². The zero-order valence-electron chi connectivity index (χ0n) is 26.8. The SMILES string of the molecule is COC1=CC(C(=O)NC[C@@](O)(c2ccccc2)c2cc(N3C(=O)CCC3C(N)=O)cc(-c3cc(Cl)c(F)cc3F)n2)=C/C(=C/NC2CC2)C1=N. The fraction of sp³-hybridized carbons (Fsp3) is 0.250. The van der Waals surface area contributed by atoms with Gasteiger partial charge in [0.25, 0.3) is 5.91 Å². The molecule has 258 valence electrons. The molecule has 1 saturated heterocycles. The molecule has 0 spiro atoms. The van der Waals surface area contributed by atoms with E-state index in [1.807, 2.05) is 0 Å². The van der Waals surface area contributed by atoms with Gasteiger partial charge in [-0.1, -0.05) is 41.9 Å². The number of aromatic nitrogens is 1. The summed E-state index contributed by atoms with van der Waals surface area (Å²) in [6.45, 7) is -0.476. The molecule has 3 amide bonds. The minimum Gasteiger partial charge on any atom is -0.494 e. The summed E-state index contributed by atoms with van der Waals surface area (Å²) in [5.74, 6) is -3.69. The van der Waals surface area contributed by atoms with Gasteiger partial charge in [-0.05, 0) is 55.2 Å². The summed E-state index contributed by atoms with van der Waals surface area (Å²) < 4.78 is 34.8. The summed E-state index contributed by atoms with van der Waals surface area (Å²) in [6.07, 6.45) is 6.75. The lowest BCUT2D eigenvalue weighted by molar-refractivity contribution is -0.121. The van der Waals surface area contributed by atoms with Crippen LogP contribution < -0.4 is 21.3 Å². The van der Waals surface area contributed by atoms with Gasteiger partial charge in [-0.25, -0.2) is 13.8 Å². The molecule has 2 atom stereocenters. The minimum atomic E-state index is -2.12. The summed E-state index contributed by atoms with van der Waals surface area (Å²) in [6, 6.07) is 11.8. The Kier molecular flexibility index (Phi) is 9.54. The van der Waals surface area contributed by atoms with Crippen LogP contribution in [-0.2, 0) is 24.7 Å². The number of pyridine rings is 1. The number of aliphatic hydroxyl groups is 1. The van der Waals surface area contributed by atoms with Gasteiger partial charge in [0.05, 0.1) is 30.1 Å². The number of ether oxygens (including phenoxy) is 1. The average molecular weight is 703 g/mol. The lowest BCUT2D eigenvalue weighted by Crippen LogP contribution is -2.44. The van der Waals surface area contributed by atoms with Crippen molar-refractivity contribution in [2.45, 2.75) is 43.4 Å². The molecule has 6 N–H and O–H groups in total. The number of nitrogens with zero attached hydrogens (tertiary/aromatic N) is 2. The molecule has 2 aromatic carbocycles. The van der Waals surface area contributed by atoms with E-state index in [1.54, 1.807) is 36.5 Å². The molecule has 3 aromatic rings. The Labute approximate surface area is 291 Å². The minimum absolute atomic E-state index is 0.00646. The molecule has 14 heteroatoms. The molecule has 1 aromatic heterocycles. The van der Waals surface area contributed by atoms with E-state index in [-0.39, 0.29) is 58.1 Å². The second-order valence-corrected chi connectivity index (χ2v) is 12.6. The van der Waals surface area contributed by atoms with Gasteiger partial charge < -0.3 is 26.2 Å². The Morgan fingerprint density at radius 1 is 1.14 bits per heavy atom. The molecule has 11 nitrogen and oxygen atoms in total. The number of primary amides is 1. The first kappa shape index (κ1) is 34.5. The number of hydrogen-bond donors (Lipinski definition) is 5. The van der Waals surface area contributed by atoms with Crippen molar-refractivity contribution >= 4 is 40.7 Å². The molecule has 2 heterocycles.